The zero-order chi connectivity index (χ0) is 12.9. The number of rotatable bonds is 4. The van der Waals surface area contributed by atoms with E-state index in [-0.39, 0.29) is 12.5 Å². The summed E-state index contributed by atoms with van der Waals surface area (Å²) in [5.74, 6) is -0.346. The minimum Gasteiger partial charge on any atom is -0.450 e. The number of carbonyl (C=O) groups is 2. The number of primary amides is 2. The third-order valence-corrected chi connectivity index (χ3v) is 2.70. The molecule has 0 aromatic rings. The Balaban J connectivity index is 2.61. The van der Waals surface area contributed by atoms with Gasteiger partial charge >= 0.3 is 12.2 Å². The van der Waals surface area contributed by atoms with Crippen molar-refractivity contribution in [2.24, 2.45) is 17.4 Å². The standard InChI is InChI=1S/C10H13ClN2O4/c11-10(17-9(13)15)5-2-1-3-7(10)4-6-16-8(12)14/h1-3,5,7H,4,6H2,(H2,12,14)(H2,13,15)/t7-,10?/m1/s1. The number of amides is 2. The molecule has 2 amide bonds. The minimum absolute atomic E-state index is 0.0781. The van der Waals surface area contributed by atoms with Crippen LogP contribution in [0.3, 0.4) is 0 Å². The third kappa shape index (κ3) is 3.99. The molecule has 0 heterocycles. The normalized spacial score (nSPS) is 26.5. The van der Waals surface area contributed by atoms with E-state index in [4.69, 9.17) is 27.8 Å². The van der Waals surface area contributed by atoms with Crippen molar-refractivity contribution in [3.05, 3.63) is 24.3 Å². The molecule has 0 spiro atoms. The molecular weight excluding hydrogens is 248 g/mol. The Bertz CT molecular complexity index is 369. The minimum atomic E-state index is -1.35. The van der Waals surface area contributed by atoms with Gasteiger partial charge in [0.2, 0.25) is 5.06 Å². The van der Waals surface area contributed by atoms with Gasteiger partial charge in [0.15, 0.2) is 0 Å². The van der Waals surface area contributed by atoms with Crippen LogP contribution in [0, 0.1) is 5.92 Å². The van der Waals surface area contributed by atoms with Crippen LogP contribution in [0.2, 0.25) is 0 Å². The quantitative estimate of drug-likeness (QED) is 0.742. The van der Waals surface area contributed by atoms with Crippen molar-refractivity contribution in [3.63, 3.8) is 0 Å². The Kier molecular flexibility index (Phi) is 4.39. The monoisotopic (exact) mass is 260 g/mol. The summed E-state index contributed by atoms with van der Waals surface area (Å²) in [6, 6.07) is 0. The third-order valence-electron chi connectivity index (χ3n) is 2.21. The lowest BCUT2D eigenvalue weighted by molar-refractivity contribution is 0.0694. The van der Waals surface area contributed by atoms with E-state index >= 15 is 0 Å². The van der Waals surface area contributed by atoms with E-state index in [0.717, 1.165) is 0 Å². The number of hydrogen-bond acceptors (Lipinski definition) is 4. The number of halogens is 1. The van der Waals surface area contributed by atoms with E-state index < -0.39 is 17.2 Å². The van der Waals surface area contributed by atoms with E-state index in [0.29, 0.717) is 6.42 Å². The summed E-state index contributed by atoms with van der Waals surface area (Å²) in [5, 5.41) is -1.35. The molecule has 1 aliphatic rings. The SMILES string of the molecule is NC(=O)OCC[C@H]1C=CC=CC1(Cl)OC(N)=O. The fraction of sp³-hybridized carbons (Fsp3) is 0.400. The summed E-state index contributed by atoms with van der Waals surface area (Å²) in [7, 11) is 0. The number of ether oxygens (including phenoxy) is 2. The topological polar surface area (TPSA) is 105 Å². The fourth-order valence-corrected chi connectivity index (χ4v) is 1.81. The van der Waals surface area contributed by atoms with E-state index in [1.165, 1.54) is 6.08 Å². The second kappa shape index (κ2) is 5.58. The molecule has 0 aromatic heterocycles. The molecule has 0 bridgehead atoms. The summed E-state index contributed by atoms with van der Waals surface area (Å²) in [6.45, 7) is 0.0781. The van der Waals surface area contributed by atoms with Crippen LogP contribution >= 0.6 is 11.6 Å². The number of nitrogens with two attached hydrogens (primary N) is 2. The molecule has 0 aromatic carbocycles. The summed E-state index contributed by atoms with van der Waals surface area (Å²) in [4.78, 5) is 21.2. The van der Waals surface area contributed by atoms with E-state index in [1.54, 1.807) is 18.2 Å². The molecule has 6 nitrogen and oxygen atoms in total. The first-order valence-corrected chi connectivity index (χ1v) is 5.27. The second-order valence-corrected chi connectivity index (χ2v) is 4.02. The van der Waals surface area contributed by atoms with Gasteiger partial charge in [0.25, 0.3) is 0 Å². The summed E-state index contributed by atoms with van der Waals surface area (Å²) < 4.78 is 9.44. The van der Waals surface area contributed by atoms with Gasteiger partial charge < -0.3 is 20.9 Å². The molecule has 1 aliphatic carbocycles. The van der Waals surface area contributed by atoms with Gasteiger partial charge in [-0.1, -0.05) is 29.8 Å². The first kappa shape index (κ1) is 13.4. The number of alkyl halides is 1. The molecule has 7 heteroatoms. The highest BCUT2D eigenvalue weighted by Gasteiger charge is 2.37. The van der Waals surface area contributed by atoms with Gasteiger partial charge in [-0.2, -0.15) is 0 Å². The highest BCUT2D eigenvalue weighted by atomic mass is 35.5. The molecule has 17 heavy (non-hydrogen) atoms. The average molecular weight is 261 g/mol. The van der Waals surface area contributed by atoms with Crippen molar-refractivity contribution < 1.29 is 19.1 Å². The average Bonchev–Trinajstić information content (AvgIpc) is 2.19. The first-order valence-electron chi connectivity index (χ1n) is 4.89. The highest BCUT2D eigenvalue weighted by Crippen LogP contribution is 2.34. The van der Waals surface area contributed by atoms with Crippen LogP contribution in [0.25, 0.3) is 0 Å². The van der Waals surface area contributed by atoms with Gasteiger partial charge in [0, 0.05) is 5.92 Å². The van der Waals surface area contributed by atoms with Crippen LogP contribution in [-0.2, 0) is 9.47 Å². The van der Waals surface area contributed by atoms with Crippen LogP contribution in [0.5, 0.6) is 0 Å². The Morgan fingerprint density at radius 2 is 2.00 bits per heavy atom. The van der Waals surface area contributed by atoms with Crippen molar-refractivity contribution in [2.45, 2.75) is 11.5 Å². The Hall–Kier alpha value is -1.69. The molecule has 4 N–H and O–H groups in total. The predicted octanol–water partition coefficient (Wildman–Crippen LogP) is 1.24. The molecule has 1 unspecified atom stereocenters. The first-order chi connectivity index (χ1) is 7.94. The van der Waals surface area contributed by atoms with Crippen molar-refractivity contribution in [1.82, 2.24) is 0 Å². The molecule has 0 fully saturated rings. The van der Waals surface area contributed by atoms with E-state index in [9.17, 15) is 9.59 Å². The van der Waals surface area contributed by atoms with Crippen LogP contribution in [0.1, 0.15) is 6.42 Å². The fourth-order valence-electron chi connectivity index (χ4n) is 1.48. The van der Waals surface area contributed by atoms with Gasteiger partial charge in [0.1, 0.15) is 0 Å². The van der Waals surface area contributed by atoms with Gasteiger partial charge in [0.05, 0.1) is 6.61 Å². The van der Waals surface area contributed by atoms with Gasteiger partial charge in [-0.25, -0.2) is 9.59 Å². The molecule has 2 atom stereocenters. The van der Waals surface area contributed by atoms with E-state index in [1.807, 2.05) is 0 Å². The Labute approximate surface area is 103 Å². The summed E-state index contributed by atoms with van der Waals surface area (Å²) in [6.07, 6.45) is 5.16. The van der Waals surface area contributed by atoms with Gasteiger partial charge in [-0.05, 0) is 12.5 Å². The predicted molar refractivity (Wildman–Crippen MR) is 61.2 cm³/mol. The molecule has 94 valence electrons. The van der Waals surface area contributed by atoms with Crippen LogP contribution in [0.4, 0.5) is 9.59 Å². The van der Waals surface area contributed by atoms with Crippen LogP contribution in [0.15, 0.2) is 24.3 Å². The summed E-state index contributed by atoms with van der Waals surface area (Å²) >= 11 is 6.12. The lowest BCUT2D eigenvalue weighted by Crippen LogP contribution is -2.38. The maximum Gasteiger partial charge on any atom is 0.406 e. The zero-order valence-electron chi connectivity index (χ0n) is 8.97. The second-order valence-electron chi connectivity index (χ2n) is 3.43. The van der Waals surface area contributed by atoms with Crippen molar-refractivity contribution in [3.8, 4) is 0 Å². The molecular formula is C10H13ClN2O4. The van der Waals surface area contributed by atoms with Crippen molar-refractivity contribution >= 4 is 23.8 Å². The highest BCUT2D eigenvalue weighted by molar-refractivity contribution is 6.25. The zero-order valence-corrected chi connectivity index (χ0v) is 9.72. The Morgan fingerprint density at radius 3 is 2.59 bits per heavy atom. The lowest BCUT2D eigenvalue weighted by Gasteiger charge is -2.31. The van der Waals surface area contributed by atoms with Gasteiger partial charge in [-0.3, -0.25) is 0 Å². The molecule has 0 radical (unpaired) electrons. The van der Waals surface area contributed by atoms with Gasteiger partial charge in [-0.15, -0.1) is 0 Å². The number of allylic oxidation sites excluding steroid dienone is 2. The summed E-state index contributed by atoms with van der Waals surface area (Å²) in [5.41, 5.74) is 9.76. The number of carbonyl (C=O) groups excluding carboxylic acids is 2. The smallest absolute Gasteiger partial charge is 0.406 e. The van der Waals surface area contributed by atoms with Crippen molar-refractivity contribution in [2.75, 3.05) is 6.61 Å². The molecule has 1 rings (SSSR count). The lowest BCUT2D eigenvalue weighted by atomic mass is 9.94. The number of hydrogen-bond donors (Lipinski definition) is 2. The maximum atomic E-state index is 10.8. The Morgan fingerprint density at radius 1 is 1.29 bits per heavy atom. The molecule has 0 saturated heterocycles. The largest absolute Gasteiger partial charge is 0.450 e. The van der Waals surface area contributed by atoms with Crippen molar-refractivity contribution in [1.29, 1.82) is 0 Å². The molecule has 0 saturated carbocycles. The van der Waals surface area contributed by atoms with Crippen LogP contribution < -0.4 is 11.5 Å². The molecule has 0 aliphatic heterocycles. The maximum absolute atomic E-state index is 10.8. The van der Waals surface area contributed by atoms with Crippen LogP contribution in [-0.4, -0.2) is 23.9 Å². The van der Waals surface area contributed by atoms with E-state index in [2.05, 4.69) is 4.74 Å².